The number of piperidine rings is 1. The lowest BCUT2D eigenvalue weighted by Crippen LogP contribution is -2.39. The molecular formula is C29H37ClN6OS. The standard InChI is InChI=1S/C29H37ClN6OS/c1-20-15-21(2)19-36(18-20)27-16-26(35-13-5-3-4-6-14-35)32-28(33-27)34-29(38)31-17-24-11-12-25(37-24)22-7-9-23(30)10-8-22/h7-12,16,20-21H,3-6,13-15,17-19H2,1-2H3,(H2,31,32,33,34,38). The molecule has 2 unspecified atom stereocenters. The van der Waals surface area contributed by atoms with Crippen LogP contribution in [0, 0.1) is 11.8 Å². The number of furan rings is 1. The third-order valence-corrected chi connectivity index (χ3v) is 7.76. The highest BCUT2D eigenvalue weighted by Crippen LogP contribution is 2.29. The van der Waals surface area contributed by atoms with Gasteiger partial charge in [0.2, 0.25) is 5.95 Å². The van der Waals surface area contributed by atoms with E-state index in [4.69, 9.17) is 38.2 Å². The molecule has 5 rings (SSSR count). The minimum Gasteiger partial charge on any atom is -0.459 e. The molecule has 0 amide bonds. The largest absolute Gasteiger partial charge is 0.459 e. The molecule has 4 heterocycles. The molecule has 2 aliphatic rings. The molecule has 2 fully saturated rings. The van der Waals surface area contributed by atoms with Gasteiger partial charge in [0.1, 0.15) is 23.2 Å². The first kappa shape index (κ1) is 26.8. The molecule has 202 valence electrons. The molecule has 9 heteroatoms. The maximum Gasteiger partial charge on any atom is 0.232 e. The summed E-state index contributed by atoms with van der Waals surface area (Å²) in [5, 5.41) is 7.65. The van der Waals surface area contributed by atoms with Gasteiger partial charge < -0.3 is 24.9 Å². The van der Waals surface area contributed by atoms with Crippen molar-refractivity contribution < 1.29 is 4.42 Å². The van der Waals surface area contributed by atoms with Crippen LogP contribution in [0.15, 0.2) is 46.9 Å². The van der Waals surface area contributed by atoms with E-state index in [0.29, 0.717) is 34.5 Å². The molecule has 2 saturated heterocycles. The molecule has 2 atom stereocenters. The van der Waals surface area contributed by atoms with E-state index in [0.717, 1.165) is 54.9 Å². The second-order valence-corrected chi connectivity index (χ2v) is 11.6. The van der Waals surface area contributed by atoms with Crippen molar-refractivity contribution in [3.05, 3.63) is 53.2 Å². The fourth-order valence-electron chi connectivity index (χ4n) is 5.51. The summed E-state index contributed by atoms with van der Waals surface area (Å²) in [6, 6.07) is 13.7. The summed E-state index contributed by atoms with van der Waals surface area (Å²) in [6.45, 7) is 9.18. The van der Waals surface area contributed by atoms with Gasteiger partial charge in [0.05, 0.1) is 6.54 Å². The number of aromatic nitrogens is 2. The third kappa shape index (κ3) is 6.97. The zero-order chi connectivity index (χ0) is 26.5. The Labute approximate surface area is 236 Å². The number of rotatable bonds is 6. The Morgan fingerprint density at radius 1 is 0.947 bits per heavy atom. The SMILES string of the molecule is CC1CC(C)CN(c2cc(N3CCCCCC3)nc(NC(=S)NCc3ccc(-c4ccc(Cl)cc4)o3)n2)C1. The van der Waals surface area contributed by atoms with Crippen LogP contribution in [0.1, 0.15) is 51.7 Å². The normalized spacial score (nSPS) is 20.2. The van der Waals surface area contributed by atoms with E-state index in [1.54, 1.807) is 0 Å². The Morgan fingerprint density at radius 3 is 2.29 bits per heavy atom. The second kappa shape index (κ2) is 12.3. The molecule has 2 N–H and O–H groups in total. The Hall–Kier alpha value is -2.84. The van der Waals surface area contributed by atoms with Gasteiger partial charge in [-0.3, -0.25) is 0 Å². The first-order valence-corrected chi connectivity index (χ1v) is 14.5. The zero-order valence-electron chi connectivity index (χ0n) is 22.3. The molecule has 0 radical (unpaired) electrons. The number of hydrogen-bond acceptors (Lipinski definition) is 6. The molecule has 0 spiro atoms. The Morgan fingerprint density at radius 2 is 1.61 bits per heavy atom. The van der Waals surface area contributed by atoms with Crippen LogP contribution in [-0.4, -0.2) is 41.3 Å². The molecule has 0 bridgehead atoms. The average Bonchev–Trinajstić information content (AvgIpc) is 3.20. The summed E-state index contributed by atoms with van der Waals surface area (Å²) in [5.41, 5.74) is 0.981. The smallest absolute Gasteiger partial charge is 0.232 e. The molecule has 0 saturated carbocycles. The van der Waals surface area contributed by atoms with Crippen LogP contribution in [0.5, 0.6) is 0 Å². The lowest BCUT2D eigenvalue weighted by atomic mass is 9.92. The molecule has 1 aromatic carbocycles. The number of benzene rings is 1. The number of anilines is 3. The first-order valence-electron chi connectivity index (χ1n) is 13.7. The van der Waals surface area contributed by atoms with Crippen molar-refractivity contribution in [2.45, 2.75) is 52.5 Å². The monoisotopic (exact) mass is 552 g/mol. The minimum absolute atomic E-state index is 0.458. The molecule has 7 nitrogen and oxygen atoms in total. The number of hydrogen-bond donors (Lipinski definition) is 2. The van der Waals surface area contributed by atoms with Crippen LogP contribution >= 0.6 is 23.8 Å². The van der Waals surface area contributed by atoms with Crippen LogP contribution in [0.4, 0.5) is 17.6 Å². The predicted octanol–water partition coefficient (Wildman–Crippen LogP) is 6.74. The maximum absolute atomic E-state index is 6.01. The van der Waals surface area contributed by atoms with Crippen molar-refractivity contribution in [1.82, 2.24) is 15.3 Å². The summed E-state index contributed by atoms with van der Waals surface area (Å²) in [7, 11) is 0. The van der Waals surface area contributed by atoms with Crippen LogP contribution < -0.4 is 20.4 Å². The van der Waals surface area contributed by atoms with E-state index in [9.17, 15) is 0 Å². The molecule has 38 heavy (non-hydrogen) atoms. The van der Waals surface area contributed by atoms with Crippen molar-refractivity contribution in [3.63, 3.8) is 0 Å². The molecule has 2 aliphatic heterocycles. The summed E-state index contributed by atoms with van der Waals surface area (Å²) < 4.78 is 6.00. The summed E-state index contributed by atoms with van der Waals surface area (Å²) in [4.78, 5) is 14.6. The maximum atomic E-state index is 6.01. The van der Waals surface area contributed by atoms with Crippen LogP contribution in [-0.2, 0) is 6.54 Å². The molecule has 0 aliphatic carbocycles. The highest BCUT2D eigenvalue weighted by Gasteiger charge is 2.25. The van der Waals surface area contributed by atoms with Crippen molar-refractivity contribution in [2.75, 3.05) is 41.3 Å². The molecule has 3 aromatic rings. The first-order chi connectivity index (χ1) is 18.4. The van der Waals surface area contributed by atoms with Crippen LogP contribution in [0.25, 0.3) is 11.3 Å². The van der Waals surface area contributed by atoms with Gasteiger partial charge in [0.25, 0.3) is 0 Å². The van der Waals surface area contributed by atoms with Crippen molar-refractivity contribution >= 4 is 46.5 Å². The van der Waals surface area contributed by atoms with E-state index in [2.05, 4.69) is 40.3 Å². The quantitative estimate of drug-likeness (QED) is 0.326. The summed E-state index contributed by atoms with van der Waals surface area (Å²) >= 11 is 11.6. The van der Waals surface area contributed by atoms with Gasteiger partial charge >= 0.3 is 0 Å². The van der Waals surface area contributed by atoms with Gasteiger partial charge in [-0.1, -0.05) is 38.3 Å². The number of nitrogens with zero attached hydrogens (tertiary/aromatic N) is 4. The van der Waals surface area contributed by atoms with Gasteiger partial charge in [-0.05, 0) is 79.7 Å². The van der Waals surface area contributed by atoms with E-state index >= 15 is 0 Å². The fourth-order valence-corrected chi connectivity index (χ4v) is 5.80. The highest BCUT2D eigenvalue weighted by atomic mass is 35.5. The van der Waals surface area contributed by atoms with Crippen molar-refractivity contribution in [3.8, 4) is 11.3 Å². The Kier molecular flexibility index (Phi) is 8.69. The highest BCUT2D eigenvalue weighted by molar-refractivity contribution is 7.80. The third-order valence-electron chi connectivity index (χ3n) is 7.26. The molecule has 2 aromatic heterocycles. The van der Waals surface area contributed by atoms with Crippen molar-refractivity contribution in [2.24, 2.45) is 11.8 Å². The predicted molar refractivity (Wildman–Crippen MR) is 160 cm³/mol. The van der Waals surface area contributed by atoms with E-state index in [1.807, 2.05) is 36.4 Å². The number of halogens is 1. The van der Waals surface area contributed by atoms with Gasteiger partial charge in [0, 0.05) is 42.8 Å². The Bertz CT molecular complexity index is 1210. The fraction of sp³-hybridized carbons (Fsp3) is 0.483. The number of nitrogens with one attached hydrogen (secondary N) is 2. The van der Waals surface area contributed by atoms with Gasteiger partial charge in [-0.15, -0.1) is 0 Å². The van der Waals surface area contributed by atoms with Gasteiger partial charge in [-0.2, -0.15) is 9.97 Å². The van der Waals surface area contributed by atoms with Gasteiger partial charge in [-0.25, -0.2) is 0 Å². The van der Waals surface area contributed by atoms with Crippen LogP contribution in [0.3, 0.4) is 0 Å². The van der Waals surface area contributed by atoms with Gasteiger partial charge in [0.15, 0.2) is 5.11 Å². The van der Waals surface area contributed by atoms with E-state index < -0.39 is 0 Å². The lowest BCUT2D eigenvalue weighted by molar-refractivity contribution is 0.355. The van der Waals surface area contributed by atoms with E-state index in [-0.39, 0.29) is 0 Å². The van der Waals surface area contributed by atoms with E-state index in [1.165, 1.54) is 32.1 Å². The molecular weight excluding hydrogens is 516 g/mol. The minimum atomic E-state index is 0.458. The number of thiocarbonyl (C=S) groups is 1. The summed E-state index contributed by atoms with van der Waals surface area (Å²) in [6.07, 6.45) is 6.20. The average molecular weight is 553 g/mol. The van der Waals surface area contributed by atoms with Crippen LogP contribution in [0.2, 0.25) is 5.02 Å². The topological polar surface area (TPSA) is 69.5 Å². The second-order valence-electron chi connectivity index (χ2n) is 10.7. The van der Waals surface area contributed by atoms with Crippen molar-refractivity contribution in [1.29, 1.82) is 0 Å². The Balaban J connectivity index is 1.28. The zero-order valence-corrected chi connectivity index (χ0v) is 23.8. The lowest BCUT2D eigenvalue weighted by Gasteiger charge is -2.36. The summed E-state index contributed by atoms with van der Waals surface area (Å²) in [5.74, 6) is 5.34.